The van der Waals surface area contributed by atoms with Crippen LogP contribution in [0.25, 0.3) is 0 Å². The second-order valence-corrected chi connectivity index (χ2v) is 9.33. The number of nitrogens with one attached hydrogen (secondary N) is 2. The fraction of sp³-hybridized carbons (Fsp3) is 0.292. The number of aromatic carboxylic acids is 1. The van der Waals surface area contributed by atoms with Gasteiger partial charge in [-0.2, -0.15) is 0 Å². The van der Waals surface area contributed by atoms with Crippen LogP contribution in [0.1, 0.15) is 46.4 Å². The van der Waals surface area contributed by atoms with Crippen LogP contribution in [0.4, 0.5) is 5.69 Å². The molecule has 0 spiro atoms. The molecule has 0 saturated heterocycles. The molecule has 2 amide bonds. The topological polar surface area (TPSA) is 145 Å². The lowest BCUT2D eigenvalue weighted by Crippen LogP contribution is -2.33. The molecule has 2 heterocycles. The van der Waals surface area contributed by atoms with E-state index in [1.807, 2.05) is 13.8 Å². The average Bonchev–Trinajstić information content (AvgIpc) is 3.47. The first-order valence-electron chi connectivity index (χ1n) is 11.1. The summed E-state index contributed by atoms with van der Waals surface area (Å²) in [6.07, 6.45) is 0. The Bertz CT molecular complexity index is 1310. The molecule has 2 aromatic carbocycles. The molecule has 0 aliphatic carbocycles. The van der Waals surface area contributed by atoms with E-state index in [1.54, 1.807) is 41.9 Å². The summed E-state index contributed by atoms with van der Waals surface area (Å²) in [6, 6.07) is 10.6. The van der Waals surface area contributed by atoms with Crippen molar-refractivity contribution in [1.82, 2.24) is 20.1 Å². The van der Waals surface area contributed by atoms with Gasteiger partial charge in [0, 0.05) is 18.3 Å². The van der Waals surface area contributed by atoms with Gasteiger partial charge in [0.1, 0.15) is 0 Å². The number of nitrogens with zero attached hydrogens (tertiary/aromatic N) is 3. The van der Waals surface area contributed by atoms with Crippen molar-refractivity contribution in [3.05, 3.63) is 59.4 Å². The summed E-state index contributed by atoms with van der Waals surface area (Å²) in [6.45, 7) is 4.05. The Hall–Kier alpha value is -4.06. The normalized spacial score (nSPS) is 12.9. The molecule has 0 saturated carbocycles. The molecule has 1 aromatic heterocycles. The zero-order valence-corrected chi connectivity index (χ0v) is 20.7. The molecule has 0 bridgehead atoms. The molecule has 36 heavy (non-hydrogen) atoms. The Morgan fingerprint density at radius 2 is 1.86 bits per heavy atom. The Kier molecular flexibility index (Phi) is 7.44. The van der Waals surface area contributed by atoms with Gasteiger partial charge in [0.25, 0.3) is 5.91 Å². The first-order valence-corrected chi connectivity index (χ1v) is 12.1. The molecular formula is C24H25N5O6S. The van der Waals surface area contributed by atoms with Gasteiger partial charge in [-0.3, -0.25) is 9.59 Å². The molecule has 0 fully saturated rings. The maximum Gasteiger partial charge on any atom is 0.335 e. The lowest BCUT2D eigenvalue weighted by molar-refractivity contribution is -0.113. The van der Waals surface area contributed by atoms with Crippen LogP contribution in [0, 0.1) is 5.92 Å². The standard InChI is InChI=1S/C24H25N5O6S/c1-13(2)20(26-22(31)14-7-8-17-18(10-14)35-12-34-17)21-27-28-24(29(21)3)36-11-19(30)25-16-6-4-5-15(9-16)23(32)33/h4-10,13,20H,11-12H2,1-3H3,(H,25,30)(H,26,31)(H,32,33). The summed E-state index contributed by atoms with van der Waals surface area (Å²) in [4.78, 5) is 36.5. The third-order valence-corrected chi connectivity index (χ3v) is 6.48. The van der Waals surface area contributed by atoms with Crippen molar-refractivity contribution in [2.24, 2.45) is 13.0 Å². The largest absolute Gasteiger partial charge is 0.478 e. The Labute approximate surface area is 211 Å². The molecule has 12 heteroatoms. The summed E-state index contributed by atoms with van der Waals surface area (Å²) >= 11 is 1.18. The third kappa shape index (κ3) is 5.60. The molecule has 3 aromatic rings. The number of ether oxygens (including phenoxy) is 2. The fourth-order valence-corrected chi connectivity index (χ4v) is 4.29. The van der Waals surface area contributed by atoms with Crippen LogP contribution in [-0.4, -0.2) is 50.2 Å². The van der Waals surface area contributed by atoms with Crippen molar-refractivity contribution in [3.8, 4) is 11.5 Å². The number of amides is 2. The maximum absolute atomic E-state index is 12.9. The zero-order chi connectivity index (χ0) is 25.8. The highest BCUT2D eigenvalue weighted by atomic mass is 32.2. The number of carboxylic acid groups (broad SMARTS) is 1. The zero-order valence-electron chi connectivity index (χ0n) is 19.8. The monoisotopic (exact) mass is 511 g/mol. The van der Waals surface area contributed by atoms with E-state index in [2.05, 4.69) is 20.8 Å². The van der Waals surface area contributed by atoms with Crippen LogP contribution in [-0.2, 0) is 11.8 Å². The van der Waals surface area contributed by atoms with Crippen LogP contribution in [0.2, 0.25) is 0 Å². The Balaban J connectivity index is 1.40. The summed E-state index contributed by atoms with van der Waals surface area (Å²) in [7, 11) is 1.77. The van der Waals surface area contributed by atoms with Gasteiger partial charge in [-0.25, -0.2) is 4.79 Å². The molecule has 11 nitrogen and oxygen atoms in total. The number of aromatic nitrogens is 3. The van der Waals surface area contributed by atoms with Gasteiger partial charge in [0.05, 0.1) is 17.4 Å². The van der Waals surface area contributed by atoms with Crippen molar-refractivity contribution < 1.29 is 29.0 Å². The number of carbonyl (C=O) groups excluding carboxylic acids is 2. The minimum absolute atomic E-state index is 0.00789. The molecule has 0 radical (unpaired) electrons. The second kappa shape index (κ2) is 10.7. The summed E-state index contributed by atoms with van der Waals surface area (Å²) in [5.41, 5.74) is 0.913. The molecule has 1 aliphatic rings. The number of anilines is 1. The van der Waals surface area contributed by atoms with E-state index < -0.39 is 12.0 Å². The highest BCUT2D eigenvalue weighted by molar-refractivity contribution is 7.99. The van der Waals surface area contributed by atoms with Crippen molar-refractivity contribution >= 4 is 35.2 Å². The van der Waals surface area contributed by atoms with Gasteiger partial charge in [0.15, 0.2) is 22.5 Å². The molecule has 4 rings (SSSR count). The van der Waals surface area contributed by atoms with E-state index in [-0.39, 0.29) is 35.8 Å². The van der Waals surface area contributed by atoms with Crippen LogP contribution >= 0.6 is 11.8 Å². The number of carbonyl (C=O) groups is 3. The number of hydrogen-bond acceptors (Lipinski definition) is 8. The highest BCUT2D eigenvalue weighted by Gasteiger charge is 2.26. The average molecular weight is 512 g/mol. The van der Waals surface area contributed by atoms with E-state index in [4.69, 9.17) is 14.6 Å². The van der Waals surface area contributed by atoms with E-state index in [1.165, 1.54) is 23.9 Å². The number of benzene rings is 2. The van der Waals surface area contributed by atoms with Gasteiger partial charge in [-0.05, 0) is 42.3 Å². The van der Waals surface area contributed by atoms with Gasteiger partial charge in [0.2, 0.25) is 12.7 Å². The van der Waals surface area contributed by atoms with Crippen LogP contribution in [0.3, 0.4) is 0 Å². The summed E-state index contributed by atoms with van der Waals surface area (Å²) < 4.78 is 12.4. The lowest BCUT2D eigenvalue weighted by Gasteiger charge is -2.21. The van der Waals surface area contributed by atoms with Crippen molar-refractivity contribution in [3.63, 3.8) is 0 Å². The quantitative estimate of drug-likeness (QED) is 0.369. The van der Waals surface area contributed by atoms with Crippen molar-refractivity contribution in [2.75, 3.05) is 17.9 Å². The third-order valence-electron chi connectivity index (χ3n) is 5.46. The SMILES string of the molecule is CC(C)C(NC(=O)c1ccc2c(c1)OCO2)c1nnc(SCC(=O)Nc2cccc(C(=O)O)c2)n1C. The van der Waals surface area contributed by atoms with E-state index >= 15 is 0 Å². The number of rotatable bonds is 9. The Morgan fingerprint density at radius 3 is 2.61 bits per heavy atom. The van der Waals surface area contributed by atoms with E-state index in [0.29, 0.717) is 33.7 Å². The van der Waals surface area contributed by atoms with Crippen LogP contribution < -0.4 is 20.1 Å². The smallest absolute Gasteiger partial charge is 0.335 e. The highest BCUT2D eigenvalue weighted by Crippen LogP contribution is 2.33. The number of thioether (sulfide) groups is 1. The van der Waals surface area contributed by atoms with E-state index in [0.717, 1.165) is 0 Å². The molecule has 3 N–H and O–H groups in total. The number of hydrogen-bond donors (Lipinski definition) is 3. The van der Waals surface area contributed by atoms with Crippen molar-refractivity contribution in [2.45, 2.75) is 25.0 Å². The predicted octanol–water partition coefficient (Wildman–Crippen LogP) is 3.10. The molecule has 1 atom stereocenters. The van der Waals surface area contributed by atoms with Gasteiger partial charge >= 0.3 is 5.97 Å². The minimum atomic E-state index is -1.07. The van der Waals surface area contributed by atoms with E-state index in [9.17, 15) is 14.4 Å². The molecule has 188 valence electrons. The van der Waals surface area contributed by atoms with Gasteiger partial charge in [-0.15, -0.1) is 10.2 Å². The summed E-state index contributed by atoms with van der Waals surface area (Å²) in [5, 5.41) is 23.8. The molecule has 1 aliphatic heterocycles. The van der Waals surface area contributed by atoms with Gasteiger partial charge < -0.3 is 29.8 Å². The molecular weight excluding hydrogens is 486 g/mol. The van der Waals surface area contributed by atoms with Gasteiger partial charge in [-0.1, -0.05) is 31.7 Å². The Morgan fingerprint density at radius 1 is 1.08 bits per heavy atom. The first kappa shape index (κ1) is 25.0. The minimum Gasteiger partial charge on any atom is -0.478 e. The maximum atomic E-state index is 12.9. The lowest BCUT2D eigenvalue weighted by atomic mass is 10.0. The number of carboxylic acids is 1. The fourth-order valence-electron chi connectivity index (χ4n) is 3.57. The summed E-state index contributed by atoms with van der Waals surface area (Å²) in [5.74, 6) is 0.0478. The van der Waals surface area contributed by atoms with Crippen LogP contribution in [0.5, 0.6) is 11.5 Å². The van der Waals surface area contributed by atoms with Crippen LogP contribution in [0.15, 0.2) is 47.6 Å². The predicted molar refractivity (Wildman–Crippen MR) is 131 cm³/mol. The second-order valence-electron chi connectivity index (χ2n) is 8.39. The van der Waals surface area contributed by atoms with Crippen molar-refractivity contribution in [1.29, 1.82) is 0 Å². The first-order chi connectivity index (χ1) is 17.2. The number of fused-ring (bicyclic) bond motifs is 1. The molecule has 1 unspecified atom stereocenters.